The van der Waals surface area contributed by atoms with Crippen LogP contribution in [0, 0.1) is 10.1 Å². The summed E-state index contributed by atoms with van der Waals surface area (Å²) in [4.78, 5) is 12.8. The van der Waals surface area contributed by atoms with Crippen molar-refractivity contribution < 1.29 is 18.1 Å². The van der Waals surface area contributed by atoms with Crippen LogP contribution >= 0.6 is 0 Å². The minimum atomic E-state index is -3.87. The third kappa shape index (κ3) is 4.41. The van der Waals surface area contributed by atoms with Gasteiger partial charge in [-0.1, -0.05) is 12.8 Å². The first-order valence-electron chi connectivity index (χ1n) is 9.48. The van der Waals surface area contributed by atoms with Crippen LogP contribution in [0.5, 0.6) is 0 Å². The number of nitrogens with zero attached hydrogens (tertiary/aromatic N) is 3. The summed E-state index contributed by atoms with van der Waals surface area (Å²) in [5, 5.41) is 11.3. The highest BCUT2D eigenvalue weighted by molar-refractivity contribution is 7.89. The summed E-state index contributed by atoms with van der Waals surface area (Å²) in [6.07, 6.45) is 3.77. The number of benzene rings is 1. The molecule has 150 valence electrons. The molecule has 27 heavy (non-hydrogen) atoms. The van der Waals surface area contributed by atoms with Crippen LogP contribution in [0.25, 0.3) is 0 Å². The van der Waals surface area contributed by atoms with Crippen molar-refractivity contribution in [2.75, 3.05) is 31.1 Å². The predicted molar refractivity (Wildman–Crippen MR) is 103 cm³/mol. The van der Waals surface area contributed by atoms with Crippen LogP contribution in [0.1, 0.15) is 39.5 Å². The number of nitro groups is 1. The fourth-order valence-electron chi connectivity index (χ4n) is 3.86. The molecule has 0 aliphatic carbocycles. The molecule has 2 heterocycles. The number of sulfonamides is 1. The Morgan fingerprint density at radius 2 is 1.67 bits per heavy atom. The van der Waals surface area contributed by atoms with Crippen LogP contribution in [-0.4, -0.2) is 56.0 Å². The molecular formula is C18H27N3O5S. The highest BCUT2D eigenvalue weighted by atomic mass is 32.2. The number of anilines is 1. The molecule has 0 spiro atoms. The molecule has 0 aromatic heterocycles. The maximum absolute atomic E-state index is 13.4. The summed E-state index contributed by atoms with van der Waals surface area (Å²) < 4.78 is 33.9. The Kier molecular flexibility index (Phi) is 6.02. The zero-order chi connectivity index (χ0) is 19.6. The molecule has 2 atom stereocenters. The van der Waals surface area contributed by atoms with E-state index in [-0.39, 0.29) is 35.9 Å². The van der Waals surface area contributed by atoms with E-state index in [1.165, 1.54) is 16.4 Å². The molecule has 0 amide bonds. The van der Waals surface area contributed by atoms with E-state index in [0.29, 0.717) is 5.69 Å². The topological polar surface area (TPSA) is 93.0 Å². The van der Waals surface area contributed by atoms with Crippen LogP contribution in [0.3, 0.4) is 0 Å². The van der Waals surface area contributed by atoms with E-state index in [0.717, 1.165) is 38.8 Å². The smallest absolute Gasteiger partial charge is 0.270 e. The minimum absolute atomic E-state index is 0.0277. The second kappa shape index (κ2) is 8.12. The van der Waals surface area contributed by atoms with Gasteiger partial charge >= 0.3 is 0 Å². The summed E-state index contributed by atoms with van der Waals surface area (Å²) in [7, 11) is -3.87. The molecule has 1 aromatic carbocycles. The van der Waals surface area contributed by atoms with Crippen molar-refractivity contribution in [3.05, 3.63) is 28.3 Å². The molecule has 2 aliphatic heterocycles. The lowest BCUT2D eigenvalue weighted by Gasteiger charge is -2.35. The molecule has 3 rings (SSSR count). The summed E-state index contributed by atoms with van der Waals surface area (Å²) in [6, 6.07) is 4.19. The maximum Gasteiger partial charge on any atom is 0.270 e. The molecule has 9 heteroatoms. The van der Waals surface area contributed by atoms with Crippen LogP contribution in [0.2, 0.25) is 0 Å². The van der Waals surface area contributed by atoms with Crippen molar-refractivity contribution in [1.82, 2.24) is 4.31 Å². The normalized spacial score (nSPS) is 25.2. The van der Waals surface area contributed by atoms with Crippen LogP contribution < -0.4 is 4.90 Å². The SMILES string of the molecule is CC1CN(S(=O)(=O)c2cc([N+](=O)[O-])ccc2N2CCCCCC2)CC(C)O1. The van der Waals surface area contributed by atoms with E-state index in [9.17, 15) is 18.5 Å². The lowest BCUT2D eigenvalue weighted by molar-refractivity contribution is -0.385. The van der Waals surface area contributed by atoms with Crippen molar-refractivity contribution in [3.63, 3.8) is 0 Å². The third-order valence-electron chi connectivity index (χ3n) is 5.10. The Bertz CT molecular complexity index is 780. The van der Waals surface area contributed by atoms with Gasteiger partial charge in [-0.2, -0.15) is 4.31 Å². The van der Waals surface area contributed by atoms with Gasteiger partial charge in [-0.3, -0.25) is 10.1 Å². The third-order valence-corrected chi connectivity index (χ3v) is 6.97. The molecule has 2 fully saturated rings. The monoisotopic (exact) mass is 397 g/mol. The molecule has 0 saturated carbocycles. The zero-order valence-corrected chi connectivity index (χ0v) is 16.7. The summed E-state index contributed by atoms with van der Waals surface area (Å²) in [5.41, 5.74) is 0.357. The van der Waals surface area contributed by atoms with Gasteiger partial charge in [-0.15, -0.1) is 0 Å². The quantitative estimate of drug-likeness (QED) is 0.573. The highest BCUT2D eigenvalue weighted by Crippen LogP contribution is 2.34. The lowest BCUT2D eigenvalue weighted by atomic mass is 10.2. The molecule has 2 saturated heterocycles. The van der Waals surface area contributed by atoms with Gasteiger partial charge in [0.1, 0.15) is 4.90 Å². The maximum atomic E-state index is 13.4. The Morgan fingerprint density at radius 3 is 2.22 bits per heavy atom. The van der Waals surface area contributed by atoms with Crippen molar-refractivity contribution in [3.8, 4) is 0 Å². The van der Waals surface area contributed by atoms with Gasteiger partial charge in [0.2, 0.25) is 10.0 Å². The van der Waals surface area contributed by atoms with Crippen molar-refractivity contribution in [1.29, 1.82) is 0 Å². The first-order chi connectivity index (χ1) is 12.8. The zero-order valence-electron chi connectivity index (χ0n) is 15.8. The highest BCUT2D eigenvalue weighted by Gasteiger charge is 2.35. The van der Waals surface area contributed by atoms with E-state index in [1.807, 2.05) is 13.8 Å². The number of hydrogen-bond acceptors (Lipinski definition) is 6. The van der Waals surface area contributed by atoms with Gasteiger partial charge in [0.25, 0.3) is 5.69 Å². The molecule has 0 bridgehead atoms. The van der Waals surface area contributed by atoms with E-state index in [1.54, 1.807) is 6.07 Å². The van der Waals surface area contributed by atoms with Crippen LogP contribution in [0.4, 0.5) is 11.4 Å². The molecule has 1 aromatic rings. The van der Waals surface area contributed by atoms with E-state index in [2.05, 4.69) is 4.90 Å². The van der Waals surface area contributed by atoms with Crippen molar-refractivity contribution in [2.45, 2.75) is 56.6 Å². The first-order valence-corrected chi connectivity index (χ1v) is 10.9. The Morgan fingerprint density at radius 1 is 1.07 bits per heavy atom. The molecule has 0 radical (unpaired) electrons. The van der Waals surface area contributed by atoms with Gasteiger partial charge in [0.15, 0.2) is 0 Å². The number of rotatable bonds is 4. The van der Waals surface area contributed by atoms with E-state index in [4.69, 9.17) is 4.74 Å². The Labute approximate surface area is 160 Å². The fraction of sp³-hybridized carbons (Fsp3) is 0.667. The molecule has 0 N–H and O–H groups in total. The van der Waals surface area contributed by atoms with Crippen molar-refractivity contribution >= 4 is 21.4 Å². The Hall–Kier alpha value is -1.71. The average molecular weight is 397 g/mol. The number of nitro benzene ring substituents is 1. The summed E-state index contributed by atoms with van der Waals surface area (Å²) in [5.74, 6) is 0. The van der Waals surface area contributed by atoms with Gasteiger partial charge in [-0.05, 0) is 32.8 Å². The van der Waals surface area contributed by atoms with E-state index >= 15 is 0 Å². The second-order valence-electron chi connectivity index (χ2n) is 7.39. The number of morpholine rings is 1. The number of ether oxygens (including phenoxy) is 1. The summed E-state index contributed by atoms with van der Waals surface area (Å²) in [6.45, 7) is 5.68. The standard InChI is InChI=1S/C18H27N3O5S/c1-14-12-20(13-15(2)26-14)27(24,25)18-11-16(21(22)23)7-8-17(18)19-9-5-3-4-6-10-19/h7-8,11,14-15H,3-6,9-10,12-13H2,1-2H3. The first kappa shape index (κ1) is 20.0. The average Bonchev–Trinajstić information content (AvgIpc) is 2.89. The number of hydrogen-bond donors (Lipinski definition) is 0. The van der Waals surface area contributed by atoms with Crippen LogP contribution in [0.15, 0.2) is 23.1 Å². The van der Waals surface area contributed by atoms with Gasteiger partial charge < -0.3 is 9.64 Å². The number of non-ortho nitro benzene ring substituents is 1. The summed E-state index contributed by atoms with van der Waals surface area (Å²) >= 11 is 0. The minimum Gasteiger partial charge on any atom is -0.373 e. The second-order valence-corrected chi connectivity index (χ2v) is 9.30. The lowest BCUT2D eigenvalue weighted by Crippen LogP contribution is -2.48. The fourth-order valence-corrected chi connectivity index (χ4v) is 5.68. The largest absolute Gasteiger partial charge is 0.373 e. The van der Waals surface area contributed by atoms with Gasteiger partial charge in [0, 0.05) is 38.3 Å². The molecular weight excluding hydrogens is 370 g/mol. The Balaban J connectivity index is 2.04. The van der Waals surface area contributed by atoms with Gasteiger partial charge in [-0.25, -0.2) is 8.42 Å². The van der Waals surface area contributed by atoms with Gasteiger partial charge in [0.05, 0.1) is 22.8 Å². The van der Waals surface area contributed by atoms with Crippen molar-refractivity contribution in [2.24, 2.45) is 0 Å². The molecule has 2 unspecified atom stereocenters. The molecule has 2 aliphatic rings. The van der Waals surface area contributed by atoms with Crippen LogP contribution in [-0.2, 0) is 14.8 Å². The van der Waals surface area contributed by atoms with E-state index < -0.39 is 14.9 Å². The predicted octanol–water partition coefficient (Wildman–Crippen LogP) is 2.77. The molecule has 8 nitrogen and oxygen atoms in total.